The van der Waals surface area contributed by atoms with Crippen LogP contribution in [-0.2, 0) is 6.54 Å². The lowest BCUT2D eigenvalue weighted by Gasteiger charge is -2.22. The second-order valence-corrected chi connectivity index (χ2v) is 6.28. The molecule has 2 heterocycles. The van der Waals surface area contributed by atoms with Gasteiger partial charge in [0.15, 0.2) is 0 Å². The van der Waals surface area contributed by atoms with E-state index in [4.69, 9.17) is 4.98 Å². The summed E-state index contributed by atoms with van der Waals surface area (Å²) in [4.78, 5) is 7.33. The Labute approximate surface area is 130 Å². The van der Waals surface area contributed by atoms with Crippen molar-refractivity contribution in [2.75, 3.05) is 24.5 Å². The summed E-state index contributed by atoms with van der Waals surface area (Å²) in [6, 6.07) is 4.46. The van der Waals surface area contributed by atoms with E-state index >= 15 is 0 Å². The molecule has 0 spiro atoms. The van der Waals surface area contributed by atoms with E-state index in [0.29, 0.717) is 0 Å². The molecule has 0 radical (unpaired) electrons. The Hall–Kier alpha value is -1.09. The Morgan fingerprint density at radius 2 is 2.10 bits per heavy atom. The highest BCUT2D eigenvalue weighted by atomic mass is 15.2. The van der Waals surface area contributed by atoms with E-state index in [1.165, 1.54) is 55.7 Å². The van der Waals surface area contributed by atoms with Crippen LogP contribution < -0.4 is 10.2 Å². The summed E-state index contributed by atoms with van der Waals surface area (Å²) >= 11 is 0. The normalized spacial score (nSPS) is 19.6. The van der Waals surface area contributed by atoms with Crippen LogP contribution in [-0.4, -0.2) is 24.6 Å². The van der Waals surface area contributed by atoms with Crippen molar-refractivity contribution < 1.29 is 0 Å². The van der Waals surface area contributed by atoms with Gasteiger partial charge in [0.25, 0.3) is 0 Å². The number of anilines is 1. The van der Waals surface area contributed by atoms with Crippen LogP contribution >= 0.6 is 0 Å². The lowest BCUT2D eigenvalue weighted by atomic mass is 9.98. The highest BCUT2D eigenvalue weighted by Crippen LogP contribution is 2.24. The average Bonchev–Trinajstić information content (AvgIpc) is 2.74. The molecule has 1 aliphatic heterocycles. The van der Waals surface area contributed by atoms with Crippen LogP contribution in [0.15, 0.2) is 12.1 Å². The van der Waals surface area contributed by atoms with Crippen LogP contribution in [0.4, 0.5) is 5.82 Å². The standard InChI is InChI=1S/C18H31N3/c1-4-11-19-14-17-8-9-18(20-15(17)3)21-12-6-7-16(5-2)10-13-21/h8-9,16,19H,4-7,10-14H2,1-3H3. The Morgan fingerprint density at radius 3 is 2.81 bits per heavy atom. The Kier molecular flexibility index (Phi) is 6.50. The van der Waals surface area contributed by atoms with Gasteiger partial charge in [0.05, 0.1) is 0 Å². The average molecular weight is 289 g/mol. The first-order chi connectivity index (χ1) is 10.2. The van der Waals surface area contributed by atoms with Crippen molar-refractivity contribution in [3.8, 4) is 0 Å². The van der Waals surface area contributed by atoms with Crippen molar-refractivity contribution in [3.63, 3.8) is 0 Å². The van der Waals surface area contributed by atoms with Crippen LogP contribution in [0.3, 0.4) is 0 Å². The molecule has 0 aromatic carbocycles. The van der Waals surface area contributed by atoms with Crippen LogP contribution in [0, 0.1) is 12.8 Å². The summed E-state index contributed by atoms with van der Waals surface area (Å²) in [7, 11) is 0. The monoisotopic (exact) mass is 289 g/mol. The van der Waals surface area contributed by atoms with Crippen LogP contribution in [0.1, 0.15) is 57.2 Å². The quantitative estimate of drug-likeness (QED) is 0.805. The molecule has 0 aliphatic carbocycles. The van der Waals surface area contributed by atoms with E-state index in [1.54, 1.807) is 0 Å². The molecule has 0 amide bonds. The van der Waals surface area contributed by atoms with Gasteiger partial charge in [-0.05, 0) is 56.7 Å². The van der Waals surface area contributed by atoms with Crippen LogP contribution in [0.5, 0.6) is 0 Å². The number of hydrogen-bond donors (Lipinski definition) is 1. The van der Waals surface area contributed by atoms with Crippen LogP contribution in [0.25, 0.3) is 0 Å². The zero-order valence-electron chi connectivity index (χ0n) is 14.0. The summed E-state index contributed by atoms with van der Waals surface area (Å²) in [5, 5.41) is 3.46. The molecule has 1 aromatic rings. The first-order valence-corrected chi connectivity index (χ1v) is 8.66. The molecule has 3 heteroatoms. The molecule has 1 N–H and O–H groups in total. The van der Waals surface area contributed by atoms with Gasteiger partial charge in [-0.15, -0.1) is 0 Å². The Bertz CT molecular complexity index is 430. The van der Waals surface area contributed by atoms with Crippen molar-refractivity contribution in [1.29, 1.82) is 0 Å². The van der Waals surface area contributed by atoms with Gasteiger partial charge >= 0.3 is 0 Å². The second-order valence-electron chi connectivity index (χ2n) is 6.28. The lowest BCUT2D eigenvalue weighted by Crippen LogP contribution is -2.25. The fourth-order valence-electron chi connectivity index (χ4n) is 3.14. The van der Waals surface area contributed by atoms with Crippen LogP contribution in [0.2, 0.25) is 0 Å². The third-order valence-electron chi connectivity index (χ3n) is 4.67. The molecular weight excluding hydrogens is 258 g/mol. The van der Waals surface area contributed by atoms with Gasteiger partial charge in [0, 0.05) is 25.3 Å². The molecule has 21 heavy (non-hydrogen) atoms. The fraction of sp³-hybridized carbons (Fsp3) is 0.722. The van der Waals surface area contributed by atoms with E-state index in [0.717, 1.165) is 25.6 Å². The number of nitrogens with one attached hydrogen (secondary N) is 1. The Morgan fingerprint density at radius 1 is 1.24 bits per heavy atom. The number of rotatable bonds is 6. The number of hydrogen-bond acceptors (Lipinski definition) is 3. The topological polar surface area (TPSA) is 28.2 Å². The maximum Gasteiger partial charge on any atom is 0.128 e. The van der Waals surface area contributed by atoms with E-state index in [1.807, 2.05) is 0 Å². The van der Waals surface area contributed by atoms with E-state index in [9.17, 15) is 0 Å². The molecule has 3 nitrogen and oxygen atoms in total. The zero-order chi connectivity index (χ0) is 15.1. The predicted octanol–water partition coefficient (Wildman–Crippen LogP) is 3.91. The van der Waals surface area contributed by atoms with Crippen molar-refractivity contribution >= 4 is 5.82 Å². The number of aryl methyl sites for hydroxylation is 1. The van der Waals surface area contributed by atoms with Gasteiger partial charge in [-0.25, -0.2) is 4.98 Å². The molecule has 1 fully saturated rings. The molecule has 1 aliphatic rings. The molecular formula is C18H31N3. The molecule has 1 atom stereocenters. The molecule has 1 unspecified atom stereocenters. The SMILES string of the molecule is CCCNCc1ccc(N2CCCC(CC)CC2)nc1C. The largest absolute Gasteiger partial charge is 0.357 e. The lowest BCUT2D eigenvalue weighted by molar-refractivity contribution is 0.459. The van der Waals surface area contributed by atoms with E-state index in [2.05, 4.69) is 43.1 Å². The summed E-state index contributed by atoms with van der Waals surface area (Å²) in [5.74, 6) is 2.08. The highest BCUT2D eigenvalue weighted by molar-refractivity contribution is 5.41. The first-order valence-electron chi connectivity index (χ1n) is 8.66. The van der Waals surface area contributed by atoms with Crippen molar-refractivity contribution in [1.82, 2.24) is 10.3 Å². The van der Waals surface area contributed by atoms with Gasteiger partial charge in [-0.3, -0.25) is 0 Å². The fourth-order valence-corrected chi connectivity index (χ4v) is 3.14. The third-order valence-corrected chi connectivity index (χ3v) is 4.67. The zero-order valence-corrected chi connectivity index (χ0v) is 14.0. The van der Waals surface area contributed by atoms with Gasteiger partial charge in [0.1, 0.15) is 5.82 Å². The number of nitrogens with zero attached hydrogens (tertiary/aromatic N) is 2. The maximum absolute atomic E-state index is 4.85. The molecule has 2 rings (SSSR count). The Balaban J connectivity index is 1.98. The van der Waals surface area contributed by atoms with E-state index < -0.39 is 0 Å². The molecule has 0 bridgehead atoms. The minimum Gasteiger partial charge on any atom is -0.357 e. The summed E-state index contributed by atoms with van der Waals surface area (Å²) in [6.45, 7) is 11.0. The van der Waals surface area contributed by atoms with E-state index in [-0.39, 0.29) is 0 Å². The van der Waals surface area contributed by atoms with Crippen molar-refractivity contribution in [2.24, 2.45) is 5.92 Å². The summed E-state index contributed by atoms with van der Waals surface area (Å²) < 4.78 is 0. The molecule has 1 aromatic heterocycles. The third kappa shape index (κ3) is 4.70. The van der Waals surface area contributed by atoms with Gasteiger partial charge < -0.3 is 10.2 Å². The second kappa shape index (κ2) is 8.38. The smallest absolute Gasteiger partial charge is 0.128 e. The highest BCUT2D eigenvalue weighted by Gasteiger charge is 2.17. The van der Waals surface area contributed by atoms with Crippen molar-refractivity contribution in [3.05, 3.63) is 23.4 Å². The molecule has 0 saturated carbocycles. The first kappa shape index (κ1) is 16.3. The van der Waals surface area contributed by atoms with Crippen molar-refractivity contribution in [2.45, 2.75) is 59.4 Å². The minimum absolute atomic E-state index is 0.911. The van der Waals surface area contributed by atoms with Gasteiger partial charge in [-0.2, -0.15) is 0 Å². The minimum atomic E-state index is 0.911. The van der Waals surface area contributed by atoms with Gasteiger partial charge in [-0.1, -0.05) is 26.3 Å². The molecule has 1 saturated heterocycles. The van der Waals surface area contributed by atoms with Gasteiger partial charge in [0.2, 0.25) is 0 Å². The summed E-state index contributed by atoms with van der Waals surface area (Å²) in [6.07, 6.45) is 6.50. The molecule has 118 valence electrons. The summed E-state index contributed by atoms with van der Waals surface area (Å²) in [5.41, 5.74) is 2.50. The maximum atomic E-state index is 4.85. The predicted molar refractivity (Wildman–Crippen MR) is 90.8 cm³/mol. The number of aromatic nitrogens is 1. The number of pyridine rings is 1.